The Morgan fingerprint density at radius 2 is 2.29 bits per heavy atom. The smallest absolute Gasteiger partial charge is 0.251 e. The minimum Gasteiger partial charge on any atom is -0.388 e. The van der Waals surface area contributed by atoms with Crippen LogP contribution in [-0.4, -0.2) is 23.2 Å². The highest BCUT2D eigenvalue weighted by Crippen LogP contribution is 2.30. The molecule has 4 heteroatoms. The van der Waals surface area contributed by atoms with E-state index >= 15 is 0 Å². The average molecular weight is 230 g/mol. The zero-order chi connectivity index (χ0) is 12.3. The molecule has 0 atom stereocenters. The Kier molecular flexibility index (Phi) is 3.12. The van der Waals surface area contributed by atoms with Gasteiger partial charge in [0.1, 0.15) is 0 Å². The van der Waals surface area contributed by atoms with E-state index in [0.29, 0.717) is 11.1 Å². The Hall–Kier alpha value is -1.86. The molecule has 2 rings (SSSR count). The van der Waals surface area contributed by atoms with E-state index < -0.39 is 5.60 Å². The number of nitrogens with one attached hydrogen (secondary N) is 1. The summed E-state index contributed by atoms with van der Waals surface area (Å²) in [6.07, 6.45) is 2.49. The third-order valence-electron chi connectivity index (χ3n) is 3.12. The molecular formula is C13H14N2O2. The van der Waals surface area contributed by atoms with Crippen LogP contribution in [0.2, 0.25) is 0 Å². The minimum atomic E-state index is -0.720. The van der Waals surface area contributed by atoms with Gasteiger partial charge in [0.05, 0.1) is 17.2 Å². The molecule has 17 heavy (non-hydrogen) atoms. The Morgan fingerprint density at radius 1 is 1.53 bits per heavy atom. The van der Waals surface area contributed by atoms with E-state index in [9.17, 15) is 9.90 Å². The molecule has 1 aromatic carbocycles. The topological polar surface area (TPSA) is 73.1 Å². The SMILES string of the molecule is N#Cc1cccc(C(=O)NCC2(O)CCC2)c1. The lowest BCUT2D eigenvalue weighted by atomic mass is 9.80. The van der Waals surface area contributed by atoms with Crippen molar-refractivity contribution in [1.82, 2.24) is 5.32 Å². The summed E-state index contributed by atoms with van der Waals surface area (Å²) in [7, 11) is 0. The summed E-state index contributed by atoms with van der Waals surface area (Å²) < 4.78 is 0. The molecular weight excluding hydrogens is 216 g/mol. The Labute approximate surface area is 99.9 Å². The number of carbonyl (C=O) groups excluding carboxylic acids is 1. The van der Waals surface area contributed by atoms with Gasteiger partial charge in [0.25, 0.3) is 5.91 Å². The number of aliphatic hydroxyl groups is 1. The standard InChI is InChI=1S/C13H14N2O2/c14-8-10-3-1-4-11(7-10)12(16)15-9-13(17)5-2-6-13/h1,3-4,7,17H,2,5-6,9H2,(H,15,16). The minimum absolute atomic E-state index is 0.248. The molecule has 1 saturated carbocycles. The van der Waals surface area contributed by atoms with E-state index in [1.807, 2.05) is 6.07 Å². The average Bonchev–Trinajstić information content (AvgIpc) is 2.33. The Morgan fingerprint density at radius 3 is 2.88 bits per heavy atom. The first-order valence-electron chi connectivity index (χ1n) is 5.64. The number of benzene rings is 1. The first-order chi connectivity index (χ1) is 8.13. The number of hydrogen-bond donors (Lipinski definition) is 2. The molecule has 0 spiro atoms. The molecule has 0 aromatic heterocycles. The number of carbonyl (C=O) groups is 1. The van der Waals surface area contributed by atoms with Gasteiger partial charge in [0.15, 0.2) is 0 Å². The molecule has 0 unspecified atom stereocenters. The lowest BCUT2D eigenvalue weighted by Crippen LogP contribution is -2.47. The highest BCUT2D eigenvalue weighted by molar-refractivity contribution is 5.94. The van der Waals surface area contributed by atoms with Crippen molar-refractivity contribution < 1.29 is 9.90 Å². The van der Waals surface area contributed by atoms with Crippen molar-refractivity contribution in [3.05, 3.63) is 35.4 Å². The fourth-order valence-electron chi connectivity index (χ4n) is 1.84. The Bertz CT molecular complexity index is 473. The fourth-order valence-corrected chi connectivity index (χ4v) is 1.84. The van der Waals surface area contributed by atoms with E-state index in [-0.39, 0.29) is 12.5 Å². The quantitative estimate of drug-likeness (QED) is 0.819. The maximum atomic E-state index is 11.8. The van der Waals surface area contributed by atoms with Crippen molar-refractivity contribution in [3.8, 4) is 6.07 Å². The molecule has 4 nitrogen and oxygen atoms in total. The van der Waals surface area contributed by atoms with Gasteiger partial charge < -0.3 is 10.4 Å². The van der Waals surface area contributed by atoms with Gasteiger partial charge >= 0.3 is 0 Å². The van der Waals surface area contributed by atoms with Gasteiger partial charge in [-0.15, -0.1) is 0 Å². The summed E-state index contributed by atoms with van der Waals surface area (Å²) in [5, 5.41) is 21.3. The van der Waals surface area contributed by atoms with E-state index in [1.54, 1.807) is 24.3 Å². The van der Waals surface area contributed by atoms with Gasteiger partial charge in [-0.25, -0.2) is 0 Å². The maximum absolute atomic E-state index is 11.8. The molecule has 0 heterocycles. The molecule has 0 radical (unpaired) electrons. The molecule has 88 valence electrons. The zero-order valence-corrected chi connectivity index (χ0v) is 9.44. The van der Waals surface area contributed by atoms with Crippen LogP contribution in [0.1, 0.15) is 35.2 Å². The van der Waals surface area contributed by atoms with Gasteiger partial charge in [0.2, 0.25) is 0 Å². The van der Waals surface area contributed by atoms with Crippen LogP contribution in [0.25, 0.3) is 0 Å². The van der Waals surface area contributed by atoms with E-state index in [2.05, 4.69) is 5.32 Å². The van der Waals surface area contributed by atoms with Gasteiger partial charge in [-0.2, -0.15) is 5.26 Å². The number of amides is 1. The van der Waals surface area contributed by atoms with Crippen molar-refractivity contribution in [1.29, 1.82) is 5.26 Å². The van der Waals surface area contributed by atoms with Crippen molar-refractivity contribution >= 4 is 5.91 Å². The van der Waals surface area contributed by atoms with Gasteiger partial charge in [0, 0.05) is 12.1 Å². The summed E-state index contributed by atoms with van der Waals surface area (Å²) in [5.74, 6) is -0.248. The number of nitriles is 1. The lowest BCUT2D eigenvalue weighted by Gasteiger charge is -2.36. The summed E-state index contributed by atoms with van der Waals surface area (Å²) in [4.78, 5) is 11.8. The summed E-state index contributed by atoms with van der Waals surface area (Å²) in [6, 6.07) is 8.50. The summed E-state index contributed by atoms with van der Waals surface area (Å²) in [6.45, 7) is 0.280. The van der Waals surface area contributed by atoms with E-state index in [4.69, 9.17) is 5.26 Å². The predicted octanol–water partition coefficient (Wildman–Crippen LogP) is 1.20. The third-order valence-corrected chi connectivity index (χ3v) is 3.12. The molecule has 0 saturated heterocycles. The second kappa shape index (κ2) is 4.56. The normalized spacial score (nSPS) is 16.7. The fraction of sp³-hybridized carbons (Fsp3) is 0.385. The number of nitrogens with zero attached hydrogens (tertiary/aromatic N) is 1. The molecule has 1 amide bonds. The molecule has 1 aromatic rings. The molecule has 2 N–H and O–H groups in total. The largest absolute Gasteiger partial charge is 0.388 e. The predicted molar refractivity (Wildman–Crippen MR) is 62.3 cm³/mol. The van der Waals surface area contributed by atoms with Crippen molar-refractivity contribution in [3.63, 3.8) is 0 Å². The second-order valence-corrected chi connectivity index (χ2v) is 4.45. The highest BCUT2D eigenvalue weighted by atomic mass is 16.3. The van der Waals surface area contributed by atoms with Gasteiger partial charge in [-0.05, 0) is 37.5 Å². The second-order valence-electron chi connectivity index (χ2n) is 4.45. The molecule has 0 aliphatic heterocycles. The molecule has 1 aliphatic carbocycles. The third kappa shape index (κ3) is 2.63. The van der Waals surface area contributed by atoms with E-state index in [1.165, 1.54) is 0 Å². The van der Waals surface area contributed by atoms with Crippen molar-refractivity contribution in [2.75, 3.05) is 6.54 Å². The molecule has 1 aliphatic rings. The maximum Gasteiger partial charge on any atom is 0.251 e. The highest BCUT2D eigenvalue weighted by Gasteiger charge is 2.34. The summed E-state index contributed by atoms with van der Waals surface area (Å²) in [5.41, 5.74) is 0.189. The zero-order valence-electron chi connectivity index (χ0n) is 9.44. The van der Waals surface area contributed by atoms with Crippen molar-refractivity contribution in [2.24, 2.45) is 0 Å². The first-order valence-corrected chi connectivity index (χ1v) is 5.64. The van der Waals surface area contributed by atoms with Crippen LogP contribution in [0.15, 0.2) is 24.3 Å². The van der Waals surface area contributed by atoms with Crippen LogP contribution >= 0.6 is 0 Å². The van der Waals surface area contributed by atoms with Gasteiger partial charge in [-0.3, -0.25) is 4.79 Å². The van der Waals surface area contributed by atoms with Crippen LogP contribution in [0, 0.1) is 11.3 Å². The van der Waals surface area contributed by atoms with Crippen LogP contribution in [-0.2, 0) is 0 Å². The molecule has 0 bridgehead atoms. The van der Waals surface area contributed by atoms with Crippen LogP contribution < -0.4 is 5.32 Å². The Balaban J connectivity index is 1.97. The van der Waals surface area contributed by atoms with Crippen molar-refractivity contribution in [2.45, 2.75) is 24.9 Å². The van der Waals surface area contributed by atoms with Crippen LogP contribution in [0.5, 0.6) is 0 Å². The van der Waals surface area contributed by atoms with Crippen LogP contribution in [0.3, 0.4) is 0 Å². The first kappa shape index (κ1) is 11.6. The number of rotatable bonds is 3. The molecule has 1 fully saturated rings. The monoisotopic (exact) mass is 230 g/mol. The van der Waals surface area contributed by atoms with Crippen LogP contribution in [0.4, 0.5) is 0 Å². The van der Waals surface area contributed by atoms with E-state index in [0.717, 1.165) is 19.3 Å². The lowest BCUT2D eigenvalue weighted by molar-refractivity contribution is -0.0300. The van der Waals surface area contributed by atoms with Gasteiger partial charge in [-0.1, -0.05) is 6.07 Å². The number of hydrogen-bond acceptors (Lipinski definition) is 3. The summed E-state index contributed by atoms with van der Waals surface area (Å²) >= 11 is 0.